The average Bonchev–Trinajstić information content (AvgIpc) is 3.21. The molecule has 0 unspecified atom stereocenters. The van der Waals surface area contributed by atoms with E-state index in [0.29, 0.717) is 24.0 Å². The van der Waals surface area contributed by atoms with Crippen LogP contribution in [0, 0.1) is 5.82 Å². The zero-order chi connectivity index (χ0) is 16.5. The fourth-order valence-electron chi connectivity index (χ4n) is 2.98. The second-order valence-corrected chi connectivity index (χ2v) is 5.76. The van der Waals surface area contributed by atoms with Gasteiger partial charge in [-0.25, -0.2) is 4.39 Å². The summed E-state index contributed by atoms with van der Waals surface area (Å²) in [6, 6.07) is 12.5. The van der Waals surface area contributed by atoms with E-state index in [2.05, 4.69) is 15.3 Å². The number of fused-ring (bicyclic) bond motifs is 2. The predicted octanol–water partition coefficient (Wildman–Crippen LogP) is 3.76. The van der Waals surface area contributed by atoms with Crippen LogP contribution >= 0.6 is 0 Å². The quantitative estimate of drug-likeness (QED) is 0.526. The lowest BCUT2D eigenvalue weighted by atomic mass is 10.1. The molecule has 0 aliphatic rings. The maximum atomic E-state index is 13.7. The highest BCUT2D eigenvalue weighted by molar-refractivity contribution is 5.97. The van der Waals surface area contributed by atoms with Crippen molar-refractivity contribution in [1.82, 2.24) is 15.3 Å². The molecule has 4 nitrogen and oxygen atoms in total. The first-order chi connectivity index (χ1) is 11.7. The summed E-state index contributed by atoms with van der Waals surface area (Å²) < 4.78 is 13.7. The highest BCUT2D eigenvalue weighted by Gasteiger charge is 2.09. The van der Waals surface area contributed by atoms with Crippen LogP contribution in [0.3, 0.4) is 0 Å². The molecule has 4 aromatic rings. The Labute approximate surface area is 137 Å². The van der Waals surface area contributed by atoms with Crippen molar-refractivity contribution >= 4 is 27.7 Å². The zero-order valence-corrected chi connectivity index (χ0v) is 12.9. The van der Waals surface area contributed by atoms with E-state index in [1.54, 1.807) is 12.3 Å². The zero-order valence-electron chi connectivity index (χ0n) is 12.9. The Hall–Kier alpha value is -3.08. The number of carbonyl (C=O) groups is 1. The summed E-state index contributed by atoms with van der Waals surface area (Å²) in [4.78, 5) is 18.3. The van der Waals surface area contributed by atoms with Gasteiger partial charge in [-0.05, 0) is 41.6 Å². The number of amides is 1. The van der Waals surface area contributed by atoms with Crippen molar-refractivity contribution in [2.45, 2.75) is 6.42 Å². The minimum Gasteiger partial charge on any atom is -0.361 e. The number of halogens is 1. The van der Waals surface area contributed by atoms with E-state index < -0.39 is 0 Å². The van der Waals surface area contributed by atoms with E-state index in [0.717, 1.165) is 21.9 Å². The van der Waals surface area contributed by atoms with Gasteiger partial charge in [0.25, 0.3) is 5.91 Å². The van der Waals surface area contributed by atoms with Crippen LogP contribution in [0.5, 0.6) is 0 Å². The molecular formula is C19H16FN3O. The van der Waals surface area contributed by atoms with Crippen molar-refractivity contribution in [2.24, 2.45) is 0 Å². The topological polar surface area (TPSA) is 60.7 Å². The van der Waals surface area contributed by atoms with E-state index in [9.17, 15) is 9.18 Å². The lowest BCUT2D eigenvalue weighted by Crippen LogP contribution is -2.25. The van der Waals surface area contributed by atoms with Crippen molar-refractivity contribution in [2.75, 3.05) is 6.54 Å². The molecule has 3 N–H and O–H groups in total. The predicted molar refractivity (Wildman–Crippen MR) is 92.6 cm³/mol. The van der Waals surface area contributed by atoms with Crippen LogP contribution in [0.2, 0.25) is 0 Å². The first-order valence-corrected chi connectivity index (χ1v) is 7.82. The van der Waals surface area contributed by atoms with Gasteiger partial charge >= 0.3 is 0 Å². The molecule has 24 heavy (non-hydrogen) atoms. The molecule has 120 valence electrons. The molecule has 0 spiro atoms. The maximum absolute atomic E-state index is 13.7. The molecule has 0 saturated heterocycles. The largest absolute Gasteiger partial charge is 0.361 e. The van der Waals surface area contributed by atoms with Crippen LogP contribution in [0.15, 0.2) is 54.9 Å². The summed E-state index contributed by atoms with van der Waals surface area (Å²) in [6.07, 6.45) is 4.29. The van der Waals surface area contributed by atoms with Gasteiger partial charge in [-0.15, -0.1) is 0 Å². The van der Waals surface area contributed by atoms with Gasteiger partial charge in [0, 0.05) is 35.4 Å². The molecule has 0 fully saturated rings. The lowest BCUT2D eigenvalue weighted by Gasteiger charge is -2.05. The highest BCUT2D eigenvalue weighted by atomic mass is 19.1. The van der Waals surface area contributed by atoms with Gasteiger partial charge in [0.1, 0.15) is 5.82 Å². The number of carbonyl (C=O) groups excluding carboxylic acids is 1. The number of H-pyrrole nitrogens is 2. The van der Waals surface area contributed by atoms with E-state index in [1.807, 2.05) is 36.5 Å². The summed E-state index contributed by atoms with van der Waals surface area (Å²) in [7, 11) is 0. The Morgan fingerprint density at radius 2 is 2.04 bits per heavy atom. The molecule has 1 amide bonds. The molecule has 0 aliphatic carbocycles. The first kappa shape index (κ1) is 14.5. The summed E-state index contributed by atoms with van der Waals surface area (Å²) in [6.45, 7) is 0.491. The Kier molecular flexibility index (Phi) is 3.54. The number of hydrogen-bond donors (Lipinski definition) is 3. The summed E-state index contributed by atoms with van der Waals surface area (Å²) in [5, 5.41) is 4.85. The van der Waals surface area contributed by atoms with E-state index >= 15 is 0 Å². The van der Waals surface area contributed by atoms with Crippen molar-refractivity contribution in [3.8, 4) is 0 Å². The summed E-state index contributed by atoms with van der Waals surface area (Å²) >= 11 is 0. The van der Waals surface area contributed by atoms with Gasteiger partial charge < -0.3 is 15.3 Å². The second-order valence-electron chi connectivity index (χ2n) is 5.76. The number of rotatable bonds is 4. The molecule has 0 radical (unpaired) electrons. The molecular weight excluding hydrogens is 305 g/mol. The maximum Gasteiger partial charge on any atom is 0.251 e. The summed E-state index contributed by atoms with van der Waals surface area (Å²) in [5.74, 6) is -0.375. The van der Waals surface area contributed by atoms with Gasteiger partial charge in [0.05, 0.1) is 5.52 Å². The number of aromatic nitrogens is 2. The molecule has 4 rings (SSSR count). The standard InChI is InChI=1S/C19H16FN3O/c20-16-3-1-2-15-14(11-23-18(15)16)7-9-22-19(24)13-5-4-12-6-8-21-17(12)10-13/h1-6,8,10-11,21,23H,7,9H2,(H,22,24). The smallest absolute Gasteiger partial charge is 0.251 e. The van der Waals surface area contributed by atoms with Gasteiger partial charge in [0.2, 0.25) is 0 Å². The van der Waals surface area contributed by atoms with Gasteiger partial charge in [0.15, 0.2) is 0 Å². The third-order valence-corrected chi connectivity index (χ3v) is 4.25. The number of benzene rings is 2. The number of hydrogen-bond acceptors (Lipinski definition) is 1. The fourth-order valence-corrected chi connectivity index (χ4v) is 2.98. The Morgan fingerprint density at radius 1 is 1.12 bits per heavy atom. The first-order valence-electron chi connectivity index (χ1n) is 7.82. The molecule has 2 aromatic heterocycles. The third-order valence-electron chi connectivity index (χ3n) is 4.25. The molecule has 0 aliphatic heterocycles. The van der Waals surface area contributed by atoms with Crippen LogP contribution < -0.4 is 5.32 Å². The molecule has 2 aromatic carbocycles. The fraction of sp³-hybridized carbons (Fsp3) is 0.105. The summed E-state index contributed by atoms with van der Waals surface area (Å²) in [5.41, 5.74) is 3.06. The average molecular weight is 321 g/mol. The van der Waals surface area contributed by atoms with E-state index in [-0.39, 0.29) is 11.7 Å². The molecule has 5 heteroatoms. The second kappa shape index (κ2) is 5.85. The number of para-hydroxylation sites is 1. The highest BCUT2D eigenvalue weighted by Crippen LogP contribution is 2.21. The monoisotopic (exact) mass is 321 g/mol. The van der Waals surface area contributed by atoms with E-state index in [4.69, 9.17) is 0 Å². The van der Waals surface area contributed by atoms with Crippen LogP contribution in [0.4, 0.5) is 4.39 Å². The minimum absolute atomic E-state index is 0.113. The van der Waals surface area contributed by atoms with Crippen LogP contribution in [-0.4, -0.2) is 22.4 Å². The number of nitrogens with one attached hydrogen (secondary N) is 3. The normalized spacial score (nSPS) is 11.2. The SMILES string of the molecule is O=C(NCCc1c[nH]c2c(F)cccc12)c1ccc2cc[nH]c2c1. The van der Waals surface area contributed by atoms with Crippen molar-refractivity contribution in [1.29, 1.82) is 0 Å². The lowest BCUT2D eigenvalue weighted by molar-refractivity contribution is 0.0954. The minimum atomic E-state index is -0.262. The van der Waals surface area contributed by atoms with Crippen LogP contribution in [-0.2, 0) is 6.42 Å². The Morgan fingerprint density at radius 3 is 2.96 bits per heavy atom. The van der Waals surface area contributed by atoms with Crippen molar-refractivity contribution in [3.63, 3.8) is 0 Å². The van der Waals surface area contributed by atoms with Crippen molar-refractivity contribution in [3.05, 3.63) is 71.8 Å². The van der Waals surface area contributed by atoms with Gasteiger partial charge in [-0.3, -0.25) is 4.79 Å². The molecule has 0 bridgehead atoms. The molecule has 2 heterocycles. The third kappa shape index (κ3) is 2.54. The van der Waals surface area contributed by atoms with Gasteiger partial charge in [-0.1, -0.05) is 18.2 Å². The molecule has 0 saturated carbocycles. The molecule has 0 atom stereocenters. The van der Waals surface area contributed by atoms with Crippen molar-refractivity contribution < 1.29 is 9.18 Å². The number of aromatic amines is 2. The van der Waals surface area contributed by atoms with Gasteiger partial charge in [-0.2, -0.15) is 0 Å². The Balaban J connectivity index is 1.44. The Bertz CT molecular complexity index is 1030. The van der Waals surface area contributed by atoms with Crippen LogP contribution in [0.25, 0.3) is 21.8 Å². The van der Waals surface area contributed by atoms with Crippen LogP contribution in [0.1, 0.15) is 15.9 Å². The van der Waals surface area contributed by atoms with E-state index in [1.165, 1.54) is 6.07 Å².